The lowest BCUT2D eigenvalue weighted by atomic mass is 10.0. The van der Waals surface area contributed by atoms with Gasteiger partial charge in [0.05, 0.1) is 11.6 Å². The van der Waals surface area contributed by atoms with E-state index in [0.717, 1.165) is 24.0 Å². The lowest BCUT2D eigenvalue weighted by Gasteiger charge is -2.03. The SMILES string of the molecule is CCCCC=C(C#N)c1ccccc1C. The fourth-order valence-corrected chi connectivity index (χ4v) is 1.54. The van der Waals surface area contributed by atoms with Crippen LogP contribution in [0.25, 0.3) is 5.57 Å². The van der Waals surface area contributed by atoms with Gasteiger partial charge < -0.3 is 0 Å². The summed E-state index contributed by atoms with van der Waals surface area (Å²) in [6, 6.07) is 10.3. The summed E-state index contributed by atoms with van der Waals surface area (Å²) in [7, 11) is 0. The molecule has 0 fully saturated rings. The molecule has 1 heteroatoms. The number of aryl methyl sites for hydroxylation is 1. The summed E-state index contributed by atoms with van der Waals surface area (Å²) in [4.78, 5) is 0. The summed E-state index contributed by atoms with van der Waals surface area (Å²) in [5.41, 5.74) is 3.04. The molecule has 0 aliphatic carbocycles. The Morgan fingerprint density at radius 1 is 1.40 bits per heavy atom. The third kappa shape index (κ3) is 3.25. The first-order valence-corrected chi connectivity index (χ1v) is 5.45. The van der Waals surface area contributed by atoms with Gasteiger partial charge in [0.25, 0.3) is 0 Å². The van der Waals surface area contributed by atoms with Crippen LogP contribution in [0.5, 0.6) is 0 Å². The number of nitrogens with zero attached hydrogens (tertiary/aromatic N) is 1. The molecule has 0 radical (unpaired) electrons. The first-order chi connectivity index (χ1) is 7.29. The Hall–Kier alpha value is -1.55. The molecule has 0 unspecified atom stereocenters. The van der Waals surface area contributed by atoms with Crippen LogP contribution >= 0.6 is 0 Å². The molecule has 0 heterocycles. The van der Waals surface area contributed by atoms with E-state index in [1.54, 1.807) is 0 Å². The van der Waals surface area contributed by atoms with Crippen LogP contribution in [-0.4, -0.2) is 0 Å². The highest BCUT2D eigenvalue weighted by Gasteiger charge is 2.02. The molecule has 78 valence electrons. The van der Waals surface area contributed by atoms with Crippen molar-refractivity contribution in [2.75, 3.05) is 0 Å². The summed E-state index contributed by atoms with van der Waals surface area (Å²) in [6.45, 7) is 4.20. The fraction of sp³-hybridized carbons (Fsp3) is 0.357. The Balaban J connectivity index is 2.89. The van der Waals surface area contributed by atoms with Crippen molar-refractivity contribution < 1.29 is 0 Å². The average molecular weight is 199 g/mol. The van der Waals surface area contributed by atoms with E-state index in [9.17, 15) is 0 Å². The van der Waals surface area contributed by atoms with Crippen molar-refractivity contribution in [3.8, 4) is 6.07 Å². The minimum atomic E-state index is 0.807. The Kier molecular flexibility index (Phi) is 4.63. The Morgan fingerprint density at radius 2 is 2.13 bits per heavy atom. The van der Waals surface area contributed by atoms with Gasteiger partial charge >= 0.3 is 0 Å². The number of allylic oxidation sites excluding steroid dienone is 2. The van der Waals surface area contributed by atoms with Crippen molar-refractivity contribution in [2.24, 2.45) is 0 Å². The molecule has 0 aliphatic rings. The van der Waals surface area contributed by atoms with Crippen LogP contribution in [0.2, 0.25) is 0 Å². The zero-order valence-electron chi connectivity index (χ0n) is 9.46. The third-order valence-electron chi connectivity index (χ3n) is 2.46. The molecule has 1 rings (SSSR count). The minimum Gasteiger partial charge on any atom is -0.192 e. The second-order valence-electron chi connectivity index (χ2n) is 3.69. The molecule has 1 aromatic rings. The number of rotatable bonds is 4. The molecule has 1 nitrogen and oxygen atoms in total. The quantitative estimate of drug-likeness (QED) is 0.529. The maximum atomic E-state index is 9.08. The lowest BCUT2D eigenvalue weighted by molar-refractivity contribution is 0.816. The van der Waals surface area contributed by atoms with Gasteiger partial charge in [-0.05, 0) is 24.5 Å². The summed E-state index contributed by atoms with van der Waals surface area (Å²) < 4.78 is 0. The largest absolute Gasteiger partial charge is 0.192 e. The smallest absolute Gasteiger partial charge is 0.0994 e. The predicted molar refractivity (Wildman–Crippen MR) is 64.3 cm³/mol. The Bertz CT molecular complexity index is 383. The first kappa shape index (κ1) is 11.5. The van der Waals surface area contributed by atoms with Crippen molar-refractivity contribution >= 4 is 5.57 Å². The van der Waals surface area contributed by atoms with Gasteiger partial charge in [0.1, 0.15) is 0 Å². The molecule has 15 heavy (non-hydrogen) atoms. The number of nitriles is 1. The molecular formula is C14H17N. The minimum absolute atomic E-state index is 0.807. The molecule has 0 aliphatic heterocycles. The molecule has 0 aromatic heterocycles. The second-order valence-corrected chi connectivity index (χ2v) is 3.69. The second kappa shape index (κ2) is 6.03. The van der Waals surface area contributed by atoms with E-state index >= 15 is 0 Å². The van der Waals surface area contributed by atoms with Gasteiger partial charge in [-0.15, -0.1) is 0 Å². The highest BCUT2D eigenvalue weighted by atomic mass is 14.2. The van der Waals surface area contributed by atoms with Gasteiger partial charge in [-0.2, -0.15) is 5.26 Å². The molecule has 0 atom stereocenters. The number of unbranched alkanes of at least 4 members (excludes halogenated alkanes) is 2. The fourth-order valence-electron chi connectivity index (χ4n) is 1.54. The van der Waals surface area contributed by atoms with Gasteiger partial charge in [-0.3, -0.25) is 0 Å². The average Bonchev–Trinajstić information content (AvgIpc) is 2.26. The Labute approximate surface area is 92.1 Å². The molecular weight excluding hydrogens is 182 g/mol. The van der Waals surface area contributed by atoms with Gasteiger partial charge in [0, 0.05) is 0 Å². The van der Waals surface area contributed by atoms with E-state index in [0.29, 0.717) is 0 Å². The molecule has 1 aromatic carbocycles. The monoisotopic (exact) mass is 199 g/mol. The van der Waals surface area contributed by atoms with E-state index in [-0.39, 0.29) is 0 Å². The molecule has 0 saturated carbocycles. The summed E-state index contributed by atoms with van der Waals surface area (Å²) in [5, 5.41) is 9.08. The van der Waals surface area contributed by atoms with E-state index < -0.39 is 0 Å². The van der Waals surface area contributed by atoms with Gasteiger partial charge in [0.15, 0.2) is 0 Å². The maximum Gasteiger partial charge on any atom is 0.0994 e. The third-order valence-corrected chi connectivity index (χ3v) is 2.46. The van der Waals surface area contributed by atoms with Gasteiger partial charge in [-0.1, -0.05) is 50.1 Å². The van der Waals surface area contributed by atoms with E-state index in [2.05, 4.69) is 13.0 Å². The molecule has 0 saturated heterocycles. The van der Waals surface area contributed by atoms with Crippen LogP contribution in [0.15, 0.2) is 30.3 Å². The first-order valence-electron chi connectivity index (χ1n) is 5.45. The molecule has 0 N–H and O–H groups in total. The Morgan fingerprint density at radius 3 is 2.73 bits per heavy atom. The van der Waals surface area contributed by atoms with Gasteiger partial charge in [0.2, 0.25) is 0 Å². The van der Waals surface area contributed by atoms with Crippen molar-refractivity contribution in [3.05, 3.63) is 41.5 Å². The highest BCUT2D eigenvalue weighted by molar-refractivity contribution is 5.78. The number of hydrogen-bond donors (Lipinski definition) is 0. The summed E-state index contributed by atoms with van der Waals surface area (Å²) in [5.74, 6) is 0. The standard InChI is InChI=1S/C14H17N/c1-3-4-5-9-13(11-15)14-10-7-6-8-12(14)2/h6-10H,3-5H2,1-2H3. The van der Waals surface area contributed by atoms with Crippen molar-refractivity contribution in [1.29, 1.82) is 5.26 Å². The van der Waals surface area contributed by atoms with Crippen LogP contribution in [-0.2, 0) is 0 Å². The van der Waals surface area contributed by atoms with E-state index in [1.807, 2.05) is 37.3 Å². The number of hydrogen-bond acceptors (Lipinski definition) is 1. The van der Waals surface area contributed by atoms with E-state index in [1.165, 1.54) is 12.0 Å². The highest BCUT2D eigenvalue weighted by Crippen LogP contribution is 2.18. The van der Waals surface area contributed by atoms with Crippen molar-refractivity contribution in [2.45, 2.75) is 33.1 Å². The van der Waals surface area contributed by atoms with Gasteiger partial charge in [-0.25, -0.2) is 0 Å². The van der Waals surface area contributed by atoms with Crippen LogP contribution in [0.3, 0.4) is 0 Å². The predicted octanol–water partition coefficient (Wildman–Crippen LogP) is 4.09. The lowest BCUT2D eigenvalue weighted by Crippen LogP contribution is -1.86. The zero-order chi connectivity index (χ0) is 11.1. The number of benzene rings is 1. The van der Waals surface area contributed by atoms with E-state index in [4.69, 9.17) is 5.26 Å². The zero-order valence-corrected chi connectivity index (χ0v) is 9.46. The maximum absolute atomic E-state index is 9.08. The van der Waals surface area contributed by atoms with Crippen LogP contribution in [0.1, 0.15) is 37.3 Å². The van der Waals surface area contributed by atoms with Crippen molar-refractivity contribution in [1.82, 2.24) is 0 Å². The normalized spacial score (nSPS) is 11.1. The molecule has 0 amide bonds. The van der Waals surface area contributed by atoms with Crippen LogP contribution in [0.4, 0.5) is 0 Å². The van der Waals surface area contributed by atoms with Crippen LogP contribution in [0, 0.1) is 18.3 Å². The van der Waals surface area contributed by atoms with Crippen LogP contribution < -0.4 is 0 Å². The summed E-state index contributed by atoms with van der Waals surface area (Å²) >= 11 is 0. The topological polar surface area (TPSA) is 23.8 Å². The molecule has 0 spiro atoms. The molecule has 0 bridgehead atoms. The summed E-state index contributed by atoms with van der Waals surface area (Å²) in [6.07, 6.45) is 5.36. The van der Waals surface area contributed by atoms with Crippen molar-refractivity contribution in [3.63, 3.8) is 0 Å².